The third-order valence-electron chi connectivity index (χ3n) is 4.07. The van der Waals surface area contributed by atoms with Crippen LogP contribution in [0.3, 0.4) is 0 Å². The van der Waals surface area contributed by atoms with Crippen LogP contribution in [0.1, 0.15) is 51.1 Å². The summed E-state index contributed by atoms with van der Waals surface area (Å²) in [5.41, 5.74) is 1.63. The first-order valence-corrected chi connectivity index (χ1v) is 7.03. The summed E-state index contributed by atoms with van der Waals surface area (Å²) < 4.78 is 0. The van der Waals surface area contributed by atoms with Crippen molar-refractivity contribution < 1.29 is 0 Å². The zero-order valence-electron chi connectivity index (χ0n) is 10.8. The van der Waals surface area contributed by atoms with Crippen molar-refractivity contribution in [1.82, 2.24) is 5.32 Å². The smallest absolute Gasteiger partial charge is 0.0454 e. The van der Waals surface area contributed by atoms with E-state index in [1.54, 1.807) is 0 Å². The Morgan fingerprint density at radius 1 is 1.29 bits per heavy atom. The van der Waals surface area contributed by atoms with Crippen LogP contribution < -0.4 is 5.32 Å². The molecule has 1 aliphatic carbocycles. The molecule has 1 aromatic rings. The van der Waals surface area contributed by atoms with E-state index >= 15 is 0 Å². The molecule has 0 saturated heterocycles. The van der Waals surface area contributed by atoms with E-state index in [9.17, 15) is 0 Å². The summed E-state index contributed by atoms with van der Waals surface area (Å²) in [7, 11) is 0. The van der Waals surface area contributed by atoms with Gasteiger partial charge < -0.3 is 5.32 Å². The summed E-state index contributed by atoms with van der Waals surface area (Å²) >= 11 is 6.36. The van der Waals surface area contributed by atoms with Crippen LogP contribution in [0.15, 0.2) is 24.3 Å². The normalized spacial score (nSPS) is 20.4. The number of hydrogen-bond donors (Lipinski definition) is 1. The van der Waals surface area contributed by atoms with Crippen molar-refractivity contribution >= 4 is 11.6 Å². The maximum absolute atomic E-state index is 6.36. The lowest BCUT2D eigenvalue weighted by Gasteiger charge is -2.35. The molecule has 0 spiro atoms. The highest BCUT2D eigenvalue weighted by molar-refractivity contribution is 6.31. The van der Waals surface area contributed by atoms with E-state index in [0.717, 1.165) is 11.6 Å². The van der Waals surface area contributed by atoms with Crippen LogP contribution >= 0.6 is 11.6 Å². The quantitative estimate of drug-likeness (QED) is 0.827. The first-order valence-electron chi connectivity index (χ1n) is 6.65. The molecule has 1 nitrogen and oxygen atoms in total. The third kappa shape index (κ3) is 2.66. The minimum absolute atomic E-state index is 0.362. The van der Waals surface area contributed by atoms with Crippen LogP contribution in [0.5, 0.6) is 0 Å². The van der Waals surface area contributed by atoms with Gasteiger partial charge in [-0.15, -0.1) is 0 Å². The highest BCUT2D eigenvalue weighted by Crippen LogP contribution is 2.48. The molecule has 2 heteroatoms. The van der Waals surface area contributed by atoms with E-state index in [1.165, 1.54) is 31.2 Å². The molecule has 0 radical (unpaired) electrons. The van der Waals surface area contributed by atoms with Gasteiger partial charge in [0.25, 0.3) is 0 Å². The van der Waals surface area contributed by atoms with Crippen LogP contribution in [-0.2, 0) is 0 Å². The van der Waals surface area contributed by atoms with Gasteiger partial charge in [-0.05, 0) is 36.4 Å². The Hall–Kier alpha value is -0.530. The van der Waals surface area contributed by atoms with Gasteiger partial charge in [-0.3, -0.25) is 0 Å². The summed E-state index contributed by atoms with van der Waals surface area (Å²) in [6.07, 6.45) is 5.30. The molecule has 0 aromatic heterocycles. The predicted octanol–water partition coefficient (Wildman–Crippen LogP) is 4.57. The molecule has 1 fully saturated rings. The Labute approximate surface area is 110 Å². The van der Waals surface area contributed by atoms with Crippen molar-refractivity contribution in [3.63, 3.8) is 0 Å². The number of nitrogens with one attached hydrogen (secondary N) is 1. The molecule has 1 N–H and O–H groups in total. The lowest BCUT2D eigenvalue weighted by Crippen LogP contribution is -2.34. The minimum Gasteiger partial charge on any atom is -0.310 e. The van der Waals surface area contributed by atoms with Crippen LogP contribution in [0.4, 0.5) is 0 Å². The van der Waals surface area contributed by atoms with Gasteiger partial charge in [-0.2, -0.15) is 0 Å². The second-order valence-electron chi connectivity index (χ2n) is 5.37. The van der Waals surface area contributed by atoms with Crippen LogP contribution in [0.2, 0.25) is 5.02 Å². The van der Waals surface area contributed by atoms with Gasteiger partial charge >= 0.3 is 0 Å². The van der Waals surface area contributed by atoms with Crippen molar-refractivity contribution in [2.24, 2.45) is 5.41 Å². The van der Waals surface area contributed by atoms with Gasteiger partial charge in [0.2, 0.25) is 0 Å². The third-order valence-corrected chi connectivity index (χ3v) is 4.41. The summed E-state index contributed by atoms with van der Waals surface area (Å²) in [6, 6.07) is 8.65. The van der Waals surface area contributed by atoms with Gasteiger partial charge in [0.05, 0.1) is 0 Å². The highest BCUT2D eigenvalue weighted by Gasteiger charge is 2.38. The fourth-order valence-corrected chi connectivity index (χ4v) is 3.36. The van der Waals surface area contributed by atoms with Gasteiger partial charge in [0.1, 0.15) is 0 Å². The molecule has 94 valence electrons. The average molecular weight is 252 g/mol. The highest BCUT2D eigenvalue weighted by atomic mass is 35.5. The van der Waals surface area contributed by atoms with Crippen molar-refractivity contribution in [1.29, 1.82) is 0 Å². The molecule has 0 amide bonds. The second kappa shape index (κ2) is 5.41. The molecule has 1 aliphatic rings. The minimum atomic E-state index is 0.362. The molecule has 0 bridgehead atoms. The standard InChI is InChI=1S/C15H22ClN/c1-3-17-14(15(2)10-6-7-11-15)12-8-4-5-9-13(12)16/h4-5,8-9,14,17H,3,6-7,10-11H2,1-2H3. The van der Waals surface area contributed by atoms with Crippen LogP contribution in [-0.4, -0.2) is 6.54 Å². The Balaban J connectivity index is 2.32. The second-order valence-corrected chi connectivity index (χ2v) is 5.78. The lowest BCUT2D eigenvalue weighted by atomic mass is 9.77. The van der Waals surface area contributed by atoms with E-state index in [2.05, 4.69) is 31.3 Å². The van der Waals surface area contributed by atoms with Crippen molar-refractivity contribution in [2.75, 3.05) is 6.54 Å². The Morgan fingerprint density at radius 3 is 2.53 bits per heavy atom. The van der Waals surface area contributed by atoms with Crippen molar-refractivity contribution in [2.45, 2.75) is 45.6 Å². The van der Waals surface area contributed by atoms with E-state index in [0.29, 0.717) is 11.5 Å². The molecule has 1 atom stereocenters. The predicted molar refractivity (Wildman–Crippen MR) is 74.4 cm³/mol. The van der Waals surface area contributed by atoms with Crippen LogP contribution in [0.25, 0.3) is 0 Å². The molecule has 1 saturated carbocycles. The number of rotatable bonds is 4. The zero-order valence-corrected chi connectivity index (χ0v) is 11.6. The molecule has 0 heterocycles. The van der Waals surface area contributed by atoms with Gasteiger partial charge in [-0.1, -0.05) is 56.5 Å². The number of hydrogen-bond acceptors (Lipinski definition) is 1. The molecular weight excluding hydrogens is 230 g/mol. The molecule has 0 aliphatic heterocycles. The fraction of sp³-hybridized carbons (Fsp3) is 0.600. The summed E-state index contributed by atoms with van der Waals surface area (Å²) in [4.78, 5) is 0. The maximum atomic E-state index is 6.36. The summed E-state index contributed by atoms with van der Waals surface area (Å²) in [5.74, 6) is 0. The Kier molecular flexibility index (Phi) is 4.11. The van der Waals surface area contributed by atoms with Gasteiger partial charge in [0.15, 0.2) is 0 Å². The average Bonchev–Trinajstić information content (AvgIpc) is 2.75. The van der Waals surface area contributed by atoms with Gasteiger partial charge in [0, 0.05) is 11.1 Å². The summed E-state index contributed by atoms with van der Waals surface area (Å²) in [6.45, 7) is 5.56. The first kappa shape index (κ1) is 12.9. The molecule has 1 unspecified atom stereocenters. The number of benzene rings is 1. The maximum Gasteiger partial charge on any atom is 0.0454 e. The molecule has 1 aromatic carbocycles. The van der Waals surface area contributed by atoms with E-state index < -0.39 is 0 Å². The van der Waals surface area contributed by atoms with Crippen molar-refractivity contribution in [3.8, 4) is 0 Å². The Bertz CT molecular complexity index is 369. The van der Waals surface area contributed by atoms with Crippen LogP contribution in [0, 0.1) is 5.41 Å². The largest absolute Gasteiger partial charge is 0.310 e. The number of halogens is 1. The lowest BCUT2D eigenvalue weighted by molar-refractivity contribution is 0.226. The Morgan fingerprint density at radius 2 is 1.94 bits per heavy atom. The topological polar surface area (TPSA) is 12.0 Å². The summed E-state index contributed by atoms with van der Waals surface area (Å²) in [5, 5.41) is 4.53. The molecular formula is C15H22ClN. The van der Waals surface area contributed by atoms with E-state index in [1.807, 2.05) is 12.1 Å². The zero-order chi connectivity index (χ0) is 12.3. The molecule has 17 heavy (non-hydrogen) atoms. The van der Waals surface area contributed by atoms with E-state index in [-0.39, 0.29) is 0 Å². The van der Waals surface area contributed by atoms with Crippen molar-refractivity contribution in [3.05, 3.63) is 34.9 Å². The van der Waals surface area contributed by atoms with Gasteiger partial charge in [-0.25, -0.2) is 0 Å². The SMILES string of the molecule is CCNC(c1ccccc1Cl)C1(C)CCCC1. The fourth-order valence-electron chi connectivity index (χ4n) is 3.12. The first-order chi connectivity index (χ1) is 8.17. The molecule has 2 rings (SSSR count). The van der Waals surface area contributed by atoms with E-state index in [4.69, 9.17) is 11.6 Å². The monoisotopic (exact) mass is 251 g/mol.